The average Bonchev–Trinajstić information content (AvgIpc) is 3.07. The van der Waals surface area contributed by atoms with Gasteiger partial charge < -0.3 is 24.8 Å². The molecule has 6 nitrogen and oxygen atoms in total. The van der Waals surface area contributed by atoms with Gasteiger partial charge in [-0.2, -0.15) is 0 Å². The van der Waals surface area contributed by atoms with E-state index in [0.717, 1.165) is 17.9 Å². The Kier molecular flexibility index (Phi) is 5.28. The van der Waals surface area contributed by atoms with Crippen molar-refractivity contribution in [2.45, 2.75) is 12.5 Å². The summed E-state index contributed by atoms with van der Waals surface area (Å²) in [4.78, 5) is 4.26. The Morgan fingerprint density at radius 2 is 1.96 bits per heavy atom. The van der Waals surface area contributed by atoms with Crippen LogP contribution in [0, 0.1) is 0 Å². The molecule has 3 rings (SSSR count). The first-order chi connectivity index (χ1) is 12.2. The van der Waals surface area contributed by atoms with E-state index in [2.05, 4.69) is 21.7 Å². The standard InChI is InChI=1S/C19H23N3O3/c1-20-19(22-14-8-9-17(23-2)18(11-14)24-3)21-12-15-10-13-6-4-5-7-16(13)25-15/h4-9,11,15H,10,12H2,1-3H3,(H2,20,21,22). The summed E-state index contributed by atoms with van der Waals surface area (Å²) >= 11 is 0. The third-order valence-electron chi connectivity index (χ3n) is 4.08. The van der Waals surface area contributed by atoms with Crippen molar-refractivity contribution in [1.82, 2.24) is 5.32 Å². The van der Waals surface area contributed by atoms with Crippen LogP contribution in [0.4, 0.5) is 5.69 Å². The number of aliphatic imine (C=N–C) groups is 1. The topological polar surface area (TPSA) is 64.1 Å². The van der Waals surface area contributed by atoms with Crippen molar-refractivity contribution in [3.8, 4) is 17.2 Å². The third kappa shape index (κ3) is 3.96. The van der Waals surface area contributed by atoms with Gasteiger partial charge in [0.2, 0.25) is 0 Å². The van der Waals surface area contributed by atoms with Crippen LogP contribution in [0.1, 0.15) is 5.56 Å². The Bertz CT molecular complexity index is 736. The van der Waals surface area contributed by atoms with E-state index in [0.29, 0.717) is 24.0 Å². The zero-order valence-corrected chi connectivity index (χ0v) is 14.7. The second-order valence-electron chi connectivity index (χ2n) is 5.70. The van der Waals surface area contributed by atoms with Crippen LogP contribution in [0.25, 0.3) is 0 Å². The fraction of sp³-hybridized carbons (Fsp3) is 0.316. The van der Waals surface area contributed by atoms with Crippen molar-refractivity contribution in [3.63, 3.8) is 0 Å². The van der Waals surface area contributed by atoms with Gasteiger partial charge in [0.15, 0.2) is 17.5 Å². The van der Waals surface area contributed by atoms with Crippen molar-refractivity contribution in [1.29, 1.82) is 0 Å². The van der Waals surface area contributed by atoms with Gasteiger partial charge in [-0.05, 0) is 23.8 Å². The summed E-state index contributed by atoms with van der Waals surface area (Å²) in [6.45, 7) is 0.668. The summed E-state index contributed by atoms with van der Waals surface area (Å²) in [5.74, 6) is 2.99. The smallest absolute Gasteiger partial charge is 0.195 e. The molecule has 132 valence electrons. The van der Waals surface area contributed by atoms with Gasteiger partial charge in [-0.25, -0.2) is 0 Å². The van der Waals surface area contributed by atoms with E-state index < -0.39 is 0 Å². The molecule has 1 aliphatic heterocycles. The molecule has 0 radical (unpaired) electrons. The molecule has 0 fully saturated rings. The maximum absolute atomic E-state index is 5.94. The van der Waals surface area contributed by atoms with Gasteiger partial charge in [0.1, 0.15) is 11.9 Å². The Morgan fingerprint density at radius 1 is 1.16 bits per heavy atom. The van der Waals surface area contributed by atoms with Gasteiger partial charge in [-0.1, -0.05) is 18.2 Å². The van der Waals surface area contributed by atoms with Gasteiger partial charge >= 0.3 is 0 Å². The number of benzene rings is 2. The number of anilines is 1. The van der Waals surface area contributed by atoms with Crippen LogP contribution < -0.4 is 24.8 Å². The van der Waals surface area contributed by atoms with Crippen molar-refractivity contribution in [2.24, 2.45) is 4.99 Å². The number of hydrogen-bond acceptors (Lipinski definition) is 4. The Balaban J connectivity index is 1.57. The van der Waals surface area contributed by atoms with Crippen LogP contribution >= 0.6 is 0 Å². The number of nitrogens with zero attached hydrogens (tertiary/aromatic N) is 1. The van der Waals surface area contributed by atoms with E-state index in [1.165, 1.54) is 5.56 Å². The Labute approximate surface area is 147 Å². The monoisotopic (exact) mass is 341 g/mol. The van der Waals surface area contributed by atoms with E-state index in [4.69, 9.17) is 14.2 Å². The predicted molar refractivity (Wildman–Crippen MR) is 99.1 cm³/mol. The van der Waals surface area contributed by atoms with Crippen LogP contribution in [-0.4, -0.2) is 39.9 Å². The molecule has 0 bridgehead atoms. The lowest BCUT2D eigenvalue weighted by Gasteiger charge is -2.16. The summed E-state index contributed by atoms with van der Waals surface area (Å²) < 4.78 is 16.5. The maximum Gasteiger partial charge on any atom is 0.195 e. The second kappa shape index (κ2) is 7.79. The lowest BCUT2D eigenvalue weighted by Crippen LogP contribution is -2.38. The van der Waals surface area contributed by atoms with Gasteiger partial charge in [-0.15, -0.1) is 0 Å². The first kappa shape index (κ1) is 17.0. The molecule has 1 atom stereocenters. The molecule has 0 amide bonds. The highest BCUT2D eigenvalue weighted by Crippen LogP contribution is 2.30. The first-order valence-corrected chi connectivity index (χ1v) is 8.17. The van der Waals surface area contributed by atoms with Gasteiger partial charge in [-0.3, -0.25) is 4.99 Å². The van der Waals surface area contributed by atoms with Crippen LogP contribution in [0.2, 0.25) is 0 Å². The molecular formula is C19H23N3O3. The van der Waals surface area contributed by atoms with E-state index in [9.17, 15) is 0 Å². The summed E-state index contributed by atoms with van der Waals surface area (Å²) in [6.07, 6.45) is 0.998. The number of nitrogens with one attached hydrogen (secondary N) is 2. The molecule has 25 heavy (non-hydrogen) atoms. The largest absolute Gasteiger partial charge is 0.493 e. The number of guanidine groups is 1. The minimum atomic E-state index is 0.0985. The Hall–Kier alpha value is -2.89. The van der Waals surface area contributed by atoms with E-state index in [-0.39, 0.29) is 6.10 Å². The molecule has 0 spiro atoms. The molecule has 0 aliphatic carbocycles. The quantitative estimate of drug-likeness (QED) is 0.647. The van der Waals surface area contributed by atoms with Gasteiger partial charge in [0.05, 0.1) is 20.8 Å². The fourth-order valence-corrected chi connectivity index (χ4v) is 2.81. The SMILES string of the molecule is CN=C(NCC1Cc2ccccc2O1)Nc1ccc(OC)c(OC)c1. The van der Waals surface area contributed by atoms with Crippen LogP contribution in [0.15, 0.2) is 47.5 Å². The van der Waals surface area contributed by atoms with Crippen molar-refractivity contribution < 1.29 is 14.2 Å². The molecular weight excluding hydrogens is 318 g/mol. The number of rotatable bonds is 5. The molecule has 0 saturated heterocycles. The predicted octanol–water partition coefficient (Wildman–Crippen LogP) is 2.69. The minimum Gasteiger partial charge on any atom is -0.493 e. The fourth-order valence-electron chi connectivity index (χ4n) is 2.81. The van der Waals surface area contributed by atoms with Crippen molar-refractivity contribution in [3.05, 3.63) is 48.0 Å². The summed E-state index contributed by atoms with van der Waals surface area (Å²) in [5, 5.41) is 6.55. The van der Waals surface area contributed by atoms with Gasteiger partial charge in [0, 0.05) is 25.2 Å². The minimum absolute atomic E-state index is 0.0985. The van der Waals surface area contributed by atoms with E-state index in [1.807, 2.05) is 36.4 Å². The molecule has 0 saturated carbocycles. The van der Waals surface area contributed by atoms with Crippen LogP contribution in [-0.2, 0) is 6.42 Å². The second-order valence-corrected chi connectivity index (χ2v) is 5.70. The number of para-hydroxylation sites is 1. The average molecular weight is 341 g/mol. The molecule has 1 unspecified atom stereocenters. The number of methoxy groups -OCH3 is 2. The van der Waals surface area contributed by atoms with Crippen LogP contribution in [0.3, 0.4) is 0 Å². The normalized spacial score (nSPS) is 16.0. The highest BCUT2D eigenvalue weighted by molar-refractivity contribution is 5.93. The number of ether oxygens (including phenoxy) is 3. The number of hydrogen-bond donors (Lipinski definition) is 2. The molecule has 0 aromatic heterocycles. The summed E-state index contributed by atoms with van der Waals surface area (Å²) in [5.41, 5.74) is 2.11. The third-order valence-corrected chi connectivity index (χ3v) is 4.08. The highest BCUT2D eigenvalue weighted by atomic mass is 16.5. The molecule has 2 aromatic carbocycles. The zero-order valence-electron chi connectivity index (χ0n) is 14.7. The molecule has 2 N–H and O–H groups in total. The first-order valence-electron chi connectivity index (χ1n) is 8.17. The summed E-state index contributed by atoms with van der Waals surface area (Å²) in [7, 11) is 4.97. The zero-order chi connectivity index (χ0) is 17.6. The van der Waals surface area contributed by atoms with Crippen molar-refractivity contribution in [2.75, 3.05) is 33.1 Å². The van der Waals surface area contributed by atoms with Crippen molar-refractivity contribution >= 4 is 11.6 Å². The molecule has 2 aromatic rings. The van der Waals surface area contributed by atoms with Gasteiger partial charge in [0.25, 0.3) is 0 Å². The molecule has 1 heterocycles. The number of fused-ring (bicyclic) bond motifs is 1. The Morgan fingerprint density at radius 3 is 2.68 bits per heavy atom. The summed E-state index contributed by atoms with van der Waals surface area (Å²) in [6, 6.07) is 13.8. The lowest BCUT2D eigenvalue weighted by atomic mass is 10.1. The van der Waals surface area contributed by atoms with E-state index >= 15 is 0 Å². The van der Waals surface area contributed by atoms with E-state index in [1.54, 1.807) is 21.3 Å². The lowest BCUT2D eigenvalue weighted by molar-refractivity contribution is 0.235. The highest BCUT2D eigenvalue weighted by Gasteiger charge is 2.22. The molecule has 1 aliphatic rings. The molecule has 6 heteroatoms. The maximum atomic E-state index is 5.94. The van der Waals surface area contributed by atoms with Crippen LogP contribution in [0.5, 0.6) is 17.2 Å².